The smallest absolute Gasteiger partial charge is 0.326 e. The highest BCUT2D eigenvalue weighted by atomic mass is 35.5. The molecular weight excluding hydrogens is 220 g/mol. The van der Waals surface area contributed by atoms with Gasteiger partial charge in [-0.1, -0.05) is 6.92 Å². The lowest BCUT2D eigenvalue weighted by Gasteiger charge is -2.35. The second-order valence-electron chi connectivity index (χ2n) is 4.32. The number of hydrogen-bond acceptors (Lipinski definition) is 3. The fraction of sp³-hybridized carbons (Fsp3) is 0.800. The van der Waals surface area contributed by atoms with Gasteiger partial charge in [-0.25, -0.2) is 0 Å². The molecule has 5 heteroatoms. The molecule has 0 aromatic carbocycles. The Hall–Kier alpha value is -0.770. The van der Waals surface area contributed by atoms with Gasteiger partial charge >= 0.3 is 11.9 Å². The van der Waals surface area contributed by atoms with Gasteiger partial charge in [-0.3, -0.25) is 9.59 Å². The van der Waals surface area contributed by atoms with E-state index in [0.717, 1.165) is 0 Å². The molecule has 0 saturated carbocycles. The molecule has 0 aliphatic rings. The zero-order valence-electron chi connectivity index (χ0n) is 9.63. The Morgan fingerprint density at radius 3 is 2.00 bits per heavy atom. The van der Waals surface area contributed by atoms with Gasteiger partial charge in [0.1, 0.15) is 4.87 Å². The van der Waals surface area contributed by atoms with E-state index < -0.39 is 28.1 Å². The Bertz CT molecular complexity index is 271. The van der Waals surface area contributed by atoms with Crippen molar-refractivity contribution in [3.63, 3.8) is 0 Å². The third kappa shape index (κ3) is 2.62. The van der Waals surface area contributed by atoms with Crippen LogP contribution in [0.3, 0.4) is 0 Å². The molecule has 0 bridgehead atoms. The van der Waals surface area contributed by atoms with E-state index in [-0.39, 0.29) is 0 Å². The van der Waals surface area contributed by atoms with Crippen molar-refractivity contribution < 1.29 is 19.4 Å². The standard InChI is InChI=1S/C10H17ClO4/c1-6(9(2,3)7(12)13)10(4,11)8(14)15-5/h6H,1-5H3,(H,12,13). The highest BCUT2D eigenvalue weighted by molar-refractivity contribution is 6.34. The summed E-state index contributed by atoms with van der Waals surface area (Å²) >= 11 is 6.03. The molecule has 0 fully saturated rings. The third-order valence-electron chi connectivity index (χ3n) is 3.03. The van der Waals surface area contributed by atoms with Crippen LogP contribution in [0.1, 0.15) is 27.7 Å². The van der Waals surface area contributed by atoms with Gasteiger partial charge in [0.2, 0.25) is 0 Å². The summed E-state index contributed by atoms with van der Waals surface area (Å²) in [6.07, 6.45) is 0. The van der Waals surface area contributed by atoms with Gasteiger partial charge in [0.25, 0.3) is 0 Å². The molecule has 0 spiro atoms. The van der Waals surface area contributed by atoms with Crippen molar-refractivity contribution in [3.8, 4) is 0 Å². The van der Waals surface area contributed by atoms with Crippen LogP contribution in [0.15, 0.2) is 0 Å². The van der Waals surface area contributed by atoms with Crippen molar-refractivity contribution in [1.29, 1.82) is 0 Å². The molecule has 2 atom stereocenters. The molecule has 0 aliphatic carbocycles. The van der Waals surface area contributed by atoms with Crippen LogP contribution in [0, 0.1) is 11.3 Å². The van der Waals surface area contributed by atoms with E-state index in [0.29, 0.717) is 0 Å². The summed E-state index contributed by atoms with van der Waals surface area (Å²) in [5, 5.41) is 9.02. The van der Waals surface area contributed by atoms with Gasteiger partial charge < -0.3 is 9.84 Å². The fourth-order valence-electron chi connectivity index (χ4n) is 1.24. The molecule has 0 heterocycles. The topological polar surface area (TPSA) is 63.6 Å². The summed E-state index contributed by atoms with van der Waals surface area (Å²) in [4.78, 5) is 21.1. The van der Waals surface area contributed by atoms with Crippen molar-refractivity contribution in [2.24, 2.45) is 11.3 Å². The first kappa shape index (κ1) is 14.2. The Balaban J connectivity index is 5.07. The Morgan fingerprint density at radius 1 is 1.33 bits per heavy atom. The highest BCUT2D eigenvalue weighted by Gasteiger charge is 2.48. The SMILES string of the molecule is COC(=O)C(C)(Cl)C(C)C(C)(C)C(=O)O. The van der Waals surface area contributed by atoms with Crippen molar-refractivity contribution in [1.82, 2.24) is 0 Å². The number of methoxy groups -OCH3 is 1. The predicted octanol–water partition coefficient (Wildman–Crippen LogP) is 1.90. The summed E-state index contributed by atoms with van der Waals surface area (Å²) in [6.45, 7) is 6.15. The van der Waals surface area contributed by atoms with Gasteiger partial charge in [0.15, 0.2) is 0 Å². The van der Waals surface area contributed by atoms with Crippen LogP contribution in [0.4, 0.5) is 0 Å². The maximum Gasteiger partial charge on any atom is 0.326 e. The molecule has 0 rings (SSSR count). The molecular formula is C10H17ClO4. The van der Waals surface area contributed by atoms with Crippen LogP contribution in [-0.4, -0.2) is 29.0 Å². The molecule has 0 amide bonds. The minimum absolute atomic E-state index is 0.559. The first-order chi connectivity index (χ1) is 6.58. The largest absolute Gasteiger partial charge is 0.481 e. The van der Waals surface area contributed by atoms with E-state index in [1.54, 1.807) is 6.92 Å². The van der Waals surface area contributed by atoms with Crippen LogP contribution in [0.5, 0.6) is 0 Å². The van der Waals surface area contributed by atoms with E-state index in [1.165, 1.54) is 27.9 Å². The Labute approximate surface area is 94.6 Å². The second kappa shape index (κ2) is 4.39. The number of ether oxygens (including phenoxy) is 1. The van der Waals surface area contributed by atoms with Crippen LogP contribution in [0.25, 0.3) is 0 Å². The molecule has 15 heavy (non-hydrogen) atoms. The van der Waals surface area contributed by atoms with Gasteiger partial charge in [-0.2, -0.15) is 0 Å². The third-order valence-corrected chi connectivity index (χ3v) is 3.51. The molecule has 1 N–H and O–H groups in total. The van der Waals surface area contributed by atoms with Crippen LogP contribution >= 0.6 is 11.6 Å². The van der Waals surface area contributed by atoms with Gasteiger partial charge in [0, 0.05) is 5.92 Å². The molecule has 0 aromatic heterocycles. The van der Waals surface area contributed by atoms with Crippen molar-refractivity contribution in [2.45, 2.75) is 32.6 Å². The number of aliphatic carboxylic acids is 1. The number of rotatable bonds is 4. The lowest BCUT2D eigenvalue weighted by molar-refractivity contribution is -0.154. The van der Waals surface area contributed by atoms with Gasteiger partial charge in [0.05, 0.1) is 12.5 Å². The first-order valence-corrected chi connectivity index (χ1v) is 4.97. The zero-order valence-corrected chi connectivity index (χ0v) is 10.4. The van der Waals surface area contributed by atoms with Gasteiger partial charge in [-0.15, -0.1) is 11.6 Å². The second-order valence-corrected chi connectivity index (χ2v) is 5.10. The highest BCUT2D eigenvalue weighted by Crippen LogP contribution is 2.39. The molecule has 88 valence electrons. The van der Waals surface area contributed by atoms with Gasteiger partial charge in [-0.05, 0) is 20.8 Å². The number of hydrogen-bond donors (Lipinski definition) is 1. The number of carboxylic acids is 1. The Kier molecular flexibility index (Phi) is 4.17. The van der Waals surface area contributed by atoms with Crippen LogP contribution in [0.2, 0.25) is 0 Å². The summed E-state index contributed by atoms with van der Waals surface area (Å²) < 4.78 is 4.55. The molecule has 0 saturated heterocycles. The first-order valence-electron chi connectivity index (χ1n) is 4.59. The van der Waals surface area contributed by atoms with Crippen molar-refractivity contribution in [3.05, 3.63) is 0 Å². The van der Waals surface area contributed by atoms with E-state index in [9.17, 15) is 9.59 Å². The minimum atomic E-state index is -1.34. The maximum absolute atomic E-state index is 11.4. The summed E-state index contributed by atoms with van der Waals surface area (Å²) in [5.41, 5.74) is -1.09. The average Bonchev–Trinajstić information content (AvgIpc) is 2.14. The monoisotopic (exact) mass is 236 g/mol. The lowest BCUT2D eigenvalue weighted by Crippen LogP contribution is -2.47. The molecule has 0 radical (unpaired) electrons. The van der Waals surface area contributed by atoms with Crippen LogP contribution in [-0.2, 0) is 14.3 Å². The van der Waals surface area contributed by atoms with E-state index in [2.05, 4.69) is 4.74 Å². The molecule has 0 aromatic rings. The number of halogens is 1. The quantitative estimate of drug-likeness (QED) is 0.598. The Morgan fingerprint density at radius 2 is 1.73 bits per heavy atom. The van der Waals surface area contributed by atoms with Crippen LogP contribution < -0.4 is 0 Å². The number of alkyl halides is 1. The average molecular weight is 237 g/mol. The number of carbonyl (C=O) groups excluding carboxylic acids is 1. The summed E-state index contributed by atoms with van der Waals surface area (Å²) in [6, 6.07) is 0. The molecule has 2 unspecified atom stereocenters. The minimum Gasteiger partial charge on any atom is -0.481 e. The lowest BCUT2D eigenvalue weighted by atomic mass is 9.73. The maximum atomic E-state index is 11.4. The van der Waals surface area contributed by atoms with Crippen molar-refractivity contribution >= 4 is 23.5 Å². The summed E-state index contributed by atoms with van der Waals surface area (Å²) in [5.74, 6) is -2.17. The summed E-state index contributed by atoms with van der Waals surface area (Å²) in [7, 11) is 1.23. The number of carbonyl (C=O) groups is 2. The fourth-order valence-corrected chi connectivity index (χ4v) is 1.59. The van der Waals surface area contributed by atoms with E-state index in [4.69, 9.17) is 16.7 Å². The van der Waals surface area contributed by atoms with E-state index >= 15 is 0 Å². The zero-order chi connectivity index (χ0) is 12.4. The normalized spacial score (nSPS) is 17.7. The number of esters is 1. The van der Waals surface area contributed by atoms with E-state index in [1.807, 2.05) is 0 Å². The number of carboxylic acid groups (broad SMARTS) is 1. The molecule has 0 aliphatic heterocycles. The predicted molar refractivity (Wildman–Crippen MR) is 56.9 cm³/mol. The van der Waals surface area contributed by atoms with Crippen molar-refractivity contribution in [2.75, 3.05) is 7.11 Å². The molecule has 4 nitrogen and oxygen atoms in total.